The Hall–Kier alpha value is -0.720. The highest BCUT2D eigenvalue weighted by Gasteiger charge is 2.70. The smallest absolute Gasteiger partial charge is 0.354 e. The predicted octanol–water partition coefficient (Wildman–Crippen LogP) is 3.85. The summed E-state index contributed by atoms with van der Waals surface area (Å²) in [5.41, 5.74) is -4.09. The van der Waals surface area contributed by atoms with E-state index in [4.69, 9.17) is 0 Å². The zero-order valence-electron chi connectivity index (χ0n) is 9.48. The summed E-state index contributed by atoms with van der Waals surface area (Å²) in [5.74, 6) is -0.287. The molecule has 1 fully saturated rings. The molecule has 1 nitrogen and oxygen atoms in total. The molecule has 1 saturated carbocycles. The van der Waals surface area contributed by atoms with Crippen molar-refractivity contribution in [2.75, 3.05) is 0 Å². The van der Waals surface area contributed by atoms with E-state index in [9.17, 15) is 26.3 Å². The van der Waals surface area contributed by atoms with Gasteiger partial charge >= 0.3 is 12.4 Å². The summed E-state index contributed by atoms with van der Waals surface area (Å²) in [6.07, 6.45) is -7.68. The van der Waals surface area contributed by atoms with Crippen LogP contribution in [0.5, 0.6) is 0 Å². The molecule has 3 unspecified atom stereocenters. The summed E-state index contributed by atoms with van der Waals surface area (Å²) in [6, 6.07) is 0. The minimum Gasteiger partial charge on any atom is -0.354 e. The van der Waals surface area contributed by atoms with E-state index in [1.165, 1.54) is 0 Å². The molecular weight excluding hydrogens is 262 g/mol. The van der Waals surface area contributed by atoms with Gasteiger partial charge in [-0.25, -0.2) is 0 Å². The van der Waals surface area contributed by atoms with Crippen molar-refractivity contribution >= 4 is 0 Å². The van der Waals surface area contributed by atoms with E-state index >= 15 is 0 Å². The molecule has 3 atom stereocenters. The second-order valence-electron chi connectivity index (χ2n) is 4.97. The third-order valence-corrected chi connectivity index (χ3v) is 3.69. The van der Waals surface area contributed by atoms with Gasteiger partial charge in [-0.15, -0.1) is 0 Å². The Balaban J connectivity index is 2.19. The molecule has 104 valence electrons. The van der Waals surface area contributed by atoms with E-state index < -0.39 is 24.1 Å². The molecule has 0 spiro atoms. The van der Waals surface area contributed by atoms with Crippen molar-refractivity contribution in [2.45, 2.75) is 43.8 Å². The maximum atomic E-state index is 12.6. The van der Waals surface area contributed by atoms with Crippen molar-refractivity contribution < 1.29 is 31.1 Å². The largest absolute Gasteiger partial charge is 0.426 e. The lowest BCUT2D eigenvalue weighted by molar-refractivity contribution is -0.384. The Morgan fingerprint density at radius 3 is 1.83 bits per heavy atom. The van der Waals surface area contributed by atoms with Gasteiger partial charge in [-0.1, -0.05) is 12.2 Å². The Bertz CT molecular complexity index is 342. The molecular formula is C11H12F6O. The number of hydrogen-bond donors (Lipinski definition) is 0. The highest BCUT2D eigenvalue weighted by Crippen LogP contribution is 2.50. The lowest BCUT2D eigenvalue weighted by Gasteiger charge is -2.37. The third-order valence-electron chi connectivity index (χ3n) is 3.69. The molecule has 7 heteroatoms. The summed E-state index contributed by atoms with van der Waals surface area (Å²) in [4.78, 5) is 0. The van der Waals surface area contributed by atoms with Gasteiger partial charge in [-0.3, -0.25) is 0 Å². The van der Waals surface area contributed by atoms with Crippen LogP contribution in [-0.2, 0) is 4.74 Å². The van der Waals surface area contributed by atoms with E-state index in [-0.39, 0.29) is 25.2 Å². The molecule has 18 heavy (non-hydrogen) atoms. The first-order chi connectivity index (χ1) is 8.04. The minimum atomic E-state index is -5.48. The van der Waals surface area contributed by atoms with Crippen LogP contribution in [0.3, 0.4) is 0 Å². The van der Waals surface area contributed by atoms with Crippen LogP contribution in [0.2, 0.25) is 0 Å². The lowest BCUT2D eigenvalue weighted by atomic mass is 10.0. The molecule has 0 saturated heterocycles. The van der Waals surface area contributed by atoms with Crippen LogP contribution in [0.25, 0.3) is 0 Å². The van der Waals surface area contributed by atoms with Crippen molar-refractivity contribution in [1.82, 2.24) is 0 Å². The summed E-state index contributed by atoms with van der Waals surface area (Å²) in [5, 5.41) is 0. The lowest BCUT2D eigenvalue weighted by Crippen LogP contribution is -2.58. The van der Waals surface area contributed by atoms with Crippen molar-refractivity contribution in [3.8, 4) is 0 Å². The fraction of sp³-hybridized carbons (Fsp3) is 0.818. The average Bonchev–Trinajstić information content (AvgIpc) is 2.75. The van der Waals surface area contributed by atoms with Crippen molar-refractivity contribution in [1.29, 1.82) is 0 Å². The van der Waals surface area contributed by atoms with Crippen molar-refractivity contribution in [3.63, 3.8) is 0 Å². The van der Waals surface area contributed by atoms with Crippen LogP contribution in [0.15, 0.2) is 12.2 Å². The molecule has 2 aliphatic rings. The van der Waals surface area contributed by atoms with E-state index in [1.54, 1.807) is 6.08 Å². The molecule has 0 N–H and O–H groups in total. The Kier molecular flexibility index (Phi) is 2.96. The fourth-order valence-corrected chi connectivity index (χ4v) is 2.46. The first-order valence-electron chi connectivity index (χ1n) is 5.54. The van der Waals surface area contributed by atoms with Crippen molar-refractivity contribution in [3.05, 3.63) is 12.2 Å². The van der Waals surface area contributed by atoms with E-state index in [1.807, 2.05) is 6.08 Å². The zero-order valence-corrected chi connectivity index (χ0v) is 9.48. The van der Waals surface area contributed by atoms with Crippen LogP contribution in [0.4, 0.5) is 26.3 Å². The van der Waals surface area contributed by atoms with Crippen LogP contribution in [-0.4, -0.2) is 24.1 Å². The molecule has 2 bridgehead atoms. The Morgan fingerprint density at radius 2 is 1.50 bits per heavy atom. The Morgan fingerprint density at radius 1 is 0.944 bits per heavy atom. The molecule has 0 aromatic heterocycles. The van der Waals surface area contributed by atoms with E-state index in [0.29, 0.717) is 6.42 Å². The normalized spacial score (nSPS) is 32.3. The molecule has 0 aliphatic heterocycles. The number of halogens is 6. The number of hydrogen-bond acceptors (Lipinski definition) is 1. The monoisotopic (exact) mass is 274 g/mol. The highest BCUT2D eigenvalue weighted by atomic mass is 19.4. The maximum Gasteiger partial charge on any atom is 0.426 e. The quantitative estimate of drug-likeness (QED) is 0.549. The fourth-order valence-electron chi connectivity index (χ4n) is 2.46. The first kappa shape index (κ1) is 13.7. The zero-order chi connectivity index (χ0) is 13.8. The van der Waals surface area contributed by atoms with Gasteiger partial charge < -0.3 is 4.74 Å². The van der Waals surface area contributed by atoms with Gasteiger partial charge in [0.2, 0.25) is 0 Å². The molecule has 0 radical (unpaired) electrons. The van der Waals surface area contributed by atoms with Gasteiger partial charge in [0.1, 0.15) is 0 Å². The standard InChI is InChI=1S/C11H12F6O/c1-9(10(12,13)14,11(15,16)17)18-8-5-6-2-3-7(8)4-6/h2-3,6-8H,4-5H2,1H3. The van der Waals surface area contributed by atoms with Gasteiger partial charge in [-0.05, 0) is 25.7 Å². The molecule has 2 rings (SSSR count). The minimum absolute atomic E-state index is 0.0470. The van der Waals surface area contributed by atoms with Gasteiger partial charge in [0.15, 0.2) is 0 Å². The maximum absolute atomic E-state index is 12.6. The van der Waals surface area contributed by atoms with Crippen LogP contribution >= 0.6 is 0 Å². The molecule has 0 aromatic rings. The second-order valence-corrected chi connectivity index (χ2v) is 4.97. The molecule has 0 amide bonds. The summed E-state index contributed by atoms with van der Waals surface area (Å²) in [7, 11) is 0. The molecule has 2 aliphatic carbocycles. The molecule has 0 heterocycles. The van der Waals surface area contributed by atoms with Gasteiger partial charge in [0, 0.05) is 5.92 Å². The van der Waals surface area contributed by atoms with Crippen LogP contribution < -0.4 is 0 Å². The third kappa shape index (κ3) is 2.02. The van der Waals surface area contributed by atoms with Crippen molar-refractivity contribution in [2.24, 2.45) is 11.8 Å². The number of fused-ring (bicyclic) bond motifs is 2. The molecule has 0 aromatic carbocycles. The second kappa shape index (κ2) is 3.88. The van der Waals surface area contributed by atoms with Gasteiger partial charge in [-0.2, -0.15) is 26.3 Å². The van der Waals surface area contributed by atoms with Gasteiger partial charge in [0.05, 0.1) is 6.10 Å². The average molecular weight is 274 g/mol. The van der Waals surface area contributed by atoms with Gasteiger partial charge in [0.25, 0.3) is 5.60 Å². The number of allylic oxidation sites excluding steroid dienone is 1. The number of ether oxygens (including phenoxy) is 1. The SMILES string of the molecule is CC(OC1CC2C=CC1C2)(C(F)(F)F)C(F)(F)F. The van der Waals surface area contributed by atoms with E-state index in [2.05, 4.69) is 4.74 Å². The van der Waals surface area contributed by atoms with E-state index in [0.717, 1.165) is 0 Å². The summed E-state index contributed by atoms with van der Waals surface area (Å²) in [6.45, 7) is 0.0582. The summed E-state index contributed by atoms with van der Waals surface area (Å²) >= 11 is 0. The highest BCUT2D eigenvalue weighted by molar-refractivity contribution is 5.12. The van der Waals surface area contributed by atoms with Crippen LogP contribution in [0.1, 0.15) is 19.8 Å². The number of rotatable bonds is 2. The number of alkyl halides is 6. The predicted molar refractivity (Wildman–Crippen MR) is 50.7 cm³/mol. The summed E-state index contributed by atoms with van der Waals surface area (Å²) < 4.78 is 80.3. The Labute approximate surface area is 99.8 Å². The first-order valence-corrected chi connectivity index (χ1v) is 5.54. The topological polar surface area (TPSA) is 9.23 Å². The van der Waals surface area contributed by atoms with Crippen LogP contribution in [0, 0.1) is 11.8 Å².